The highest BCUT2D eigenvalue weighted by atomic mass is 16.4. The van der Waals surface area contributed by atoms with Crippen molar-refractivity contribution in [3.05, 3.63) is 29.8 Å². The lowest BCUT2D eigenvalue weighted by Crippen LogP contribution is -2.56. The maximum atomic E-state index is 12.6. The van der Waals surface area contributed by atoms with Gasteiger partial charge in [0.1, 0.15) is 17.8 Å². The van der Waals surface area contributed by atoms with Crippen LogP contribution in [0.4, 0.5) is 0 Å². The second-order valence-corrected chi connectivity index (χ2v) is 7.74. The maximum absolute atomic E-state index is 12.6. The van der Waals surface area contributed by atoms with E-state index in [9.17, 15) is 24.6 Å². The molecule has 156 valence electrons. The Morgan fingerprint density at radius 2 is 1.57 bits per heavy atom. The van der Waals surface area contributed by atoms with Crippen molar-refractivity contribution in [2.24, 2.45) is 17.6 Å². The topological polar surface area (TPSA) is 142 Å². The van der Waals surface area contributed by atoms with Gasteiger partial charge in [0, 0.05) is 0 Å². The van der Waals surface area contributed by atoms with Crippen LogP contribution in [-0.2, 0) is 20.8 Å². The number of aliphatic carboxylic acids is 1. The molecule has 0 radical (unpaired) electrons. The lowest BCUT2D eigenvalue weighted by Gasteiger charge is -2.25. The first-order chi connectivity index (χ1) is 13.0. The molecule has 1 aromatic carbocycles. The molecule has 0 saturated carbocycles. The lowest BCUT2D eigenvalue weighted by atomic mass is 9.99. The van der Waals surface area contributed by atoms with Crippen LogP contribution in [0.1, 0.15) is 39.7 Å². The molecule has 28 heavy (non-hydrogen) atoms. The molecule has 1 aromatic rings. The third-order valence-corrected chi connectivity index (χ3v) is 4.30. The Labute approximate surface area is 165 Å². The molecule has 0 unspecified atom stereocenters. The standard InChI is InChI=1S/C20H31N3O5/c1-11(2)9-16(19(26)23-17(12(3)4)20(27)28)22-18(25)15(21)10-13-5-7-14(24)8-6-13/h5-8,11-12,15-17,24H,9-10,21H2,1-4H3,(H,22,25)(H,23,26)(H,27,28)/t15-,16-,17-/m0/s1. The highest BCUT2D eigenvalue weighted by Crippen LogP contribution is 2.12. The van der Waals surface area contributed by atoms with Gasteiger partial charge in [-0.05, 0) is 42.4 Å². The zero-order chi connectivity index (χ0) is 21.4. The van der Waals surface area contributed by atoms with Crippen LogP contribution in [0.3, 0.4) is 0 Å². The summed E-state index contributed by atoms with van der Waals surface area (Å²) in [5.41, 5.74) is 6.74. The SMILES string of the molecule is CC(C)C[C@H](NC(=O)[C@@H](N)Cc1ccc(O)cc1)C(=O)N[C@H](C(=O)O)C(C)C. The fraction of sp³-hybridized carbons (Fsp3) is 0.550. The summed E-state index contributed by atoms with van der Waals surface area (Å²) < 4.78 is 0. The first kappa shape index (κ1) is 23.4. The molecule has 0 aliphatic rings. The molecule has 2 amide bonds. The van der Waals surface area contributed by atoms with Gasteiger partial charge < -0.3 is 26.6 Å². The van der Waals surface area contributed by atoms with Crippen molar-refractivity contribution in [1.29, 1.82) is 0 Å². The molecule has 0 fully saturated rings. The fourth-order valence-electron chi connectivity index (χ4n) is 2.73. The number of phenols is 1. The monoisotopic (exact) mass is 393 g/mol. The van der Waals surface area contributed by atoms with Gasteiger partial charge in [0.05, 0.1) is 6.04 Å². The molecule has 0 spiro atoms. The van der Waals surface area contributed by atoms with Crippen molar-refractivity contribution in [2.75, 3.05) is 0 Å². The summed E-state index contributed by atoms with van der Waals surface area (Å²) >= 11 is 0. The zero-order valence-electron chi connectivity index (χ0n) is 16.8. The number of benzene rings is 1. The summed E-state index contributed by atoms with van der Waals surface area (Å²) in [6.07, 6.45) is 0.597. The highest BCUT2D eigenvalue weighted by Gasteiger charge is 2.29. The van der Waals surface area contributed by atoms with Crippen molar-refractivity contribution in [3.63, 3.8) is 0 Å². The number of nitrogens with one attached hydrogen (secondary N) is 2. The van der Waals surface area contributed by atoms with E-state index in [1.165, 1.54) is 12.1 Å². The van der Waals surface area contributed by atoms with Crippen LogP contribution in [0.15, 0.2) is 24.3 Å². The molecule has 0 aliphatic heterocycles. The van der Waals surface area contributed by atoms with E-state index in [1.807, 2.05) is 13.8 Å². The number of hydrogen-bond donors (Lipinski definition) is 5. The van der Waals surface area contributed by atoms with Crippen LogP contribution >= 0.6 is 0 Å². The number of hydrogen-bond acceptors (Lipinski definition) is 5. The fourth-order valence-corrected chi connectivity index (χ4v) is 2.73. The van der Waals surface area contributed by atoms with Crippen molar-refractivity contribution < 1.29 is 24.6 Å². The van der Waals surface area contributed by atoms with Crippen molar-refractivity contribution in [1.82, 2.24) is 10.6 Å². The molecule has 6 N–H and O–H groups in total. The molecule has 3 atom stereocenters. The number of nitrogens with two attached hydrogens (primary N) is 1. The Morgan fingerprint density at radius 1 is 1.00 bits per heavy atom. The second-order valence-electron chi connectivity index (χ2n) is 7.74. The number of carboxylic acid groups (broad SMARTS) is 1. The van der Waals surface area contributed by atoms with E-state index in [4.69, 9.17) is 5.73 Å². The molecule has 0 aromatic heterocycles. The molecule has 0 bridgehead atoms. The molecular weight excluding hydrogens is 362 g/mol. The van der Waals surface area contributed by atoms with E-state index >= 15 is 0 Å². The Hall–Kier alpha value is -2.61. The average molecular weight is 393 g/mol. The van der Waals surface area contributed by atoms with Crippen molar-refractivity contribution >= 4 is 17.8 Å². The van der Waals surface area contributed by atoms with Crippen molar-refractivity contribution in [2.45, 2.75) is 58.7 Å². The average Bonchev–Trinajstić information content (AvgIpc) is 2.59. The second kappa shape index (κ2) is 10.7. The first-order valence-corrected chi connectivity index (χ1v) is 9.38. The molecule has 1 rings (SSSR count). The van der Waals surface area contributed by atoms with Crippen LogP contribution in [-0.4, -0.2) is 46.1 Å². The molecule has 0 saturated heterocycles. The van der Waals surface area contributed by atoms with E-state index in [0.717, 1.165) is 5.56 Å². The number of phenolic OH excluding ortho intramolecular Hbond substituents is 1. The predicted molar refractivity (Wildman–Crippen MR) is 106 cm³/mol. The number of amides is 2. The summed E-state index contributed by atoms with van der Waals surface area (Å²) in [7, 11) is 0. The molecule has 8 heteroatoms. The largest absolute Gasteiger partial charge is 0.508 e. The highest BCUT2D eigenvalue weighted by molar-refractivity contribution is 5.91. The normalized spacial score (nSPS) is 14.4. The Balaban J connectivity index is 2.80. The smallest absolute Gasteiger partial charge is 0.326 e. The van der Waals surface area contributed by atoms with E-state index in [0.29, 0.717) is 6.42 Å². The quantitative estimate of drug-likeness (QED) is 0.402. The van der Waals surface area contributed by atoms with Crippen LogP contribution in [0.25, 0.3) is 0 Å². The zero-order valence-corrected chi connectivity index (χ0v) is 16.8. The predicted octanol–water partition coefficient (Wildman–Crippen LogP) is 1.02. The lowest BCUT2D eigenvalue weighted by molar-refractivity contribution is -0.143. The van der Waals surface area contributed by atoms with E-state index < -0.39 is 35.9 Å². The Kier molecular flexibility index (Phi) is 8.91. The third kappa shape index (κ3) is 7.56. The van der Waals surface area contributed by atoms with Gasteiger partial charge >= 0.3 is 5.97 Å². The van der Waals surface area contributed by atoms with Gasteiger partial charge in [-0.2, -0.15) is 0 Å². The van der Waals surface area contributed by atoms with Crippen molar-refractivity contribution in [3.8, 4) is 5.75 Å². The molecule has 8 nitrogen and oxygen atoms in total. The van der Waals surface area contributed by atoms with E-state index in [2.05, 4.69) is 10.6 Å². The van der Waals surface area contributed by atoms with Crippen LogP contribution in [0.2, 0.25) is 0 Å². The Morgan fingerprint density at radius 3 is 2.04 bits per heavy atom. The van der Waals surface area contributed by atoms with Gasteiger partial charge in [0.25, 0.3) is 0 Å². The van der Waals surface area contributed by atoms with Gasteiger partial charge in [0.15, 0.2) is 0 Å². The van der Waals surface area contributed by atoms with Gasteiger partial charge in [-0.25, -0.2) is 4.79 Å². The molecule has 0 heterocycles. The minimum absolute atomic E-state index is 0.103. The molecular formula is C20H31N3O5. The minimum Gasteiger partial charge on any atom is -0.508 e. The van der Waals surface area contributed by atoms with Gasteiger partial charge in [-0.15, -0.1) is 0 Å². The van der Waals surface area contributed by atoms with Gasteiger partial charge in [0.2, 0.25) is 11.8 Å². The summed E-state index contributed by atoms with van der Waals surface area (Å²) in [6, 6.07) is 3.55. The minimum atomic E-state index is -1.12. The van der Waals surface area contributed by atoms with Crippen LogP contribution in [0, 0.1) is 11.8 Å². The molecule has 0 aliphatic carbocycles. The number of carbonyl (C=O) groups excluding carboxylic acids is 2. The van der Waals surface area contributed by atoms with E-state index in [1.54, 1.807) is 26.0 Å². The van der Waals surface area contributed by atoms with E-state index in [-0.39, 0.29) is 24.0 Å². The third-order valence-electron chi connectivity index (χ3n) is 4.30. The summed E-state index contributed by atoms with van der Waals surface area (Å²) in [4.78, 5) is 36.4. The first-order valence-electron chi connectivity index (χ1n) is 9.38. The summed E-state index contributed by atoms with van der Waals surface area (Å²) in [5, 5.41) is 23.7. The van der Waals surface area contributed by atoms with Crippen LogP contribution in [0.5, 0.6) is 5.75 Å². The maximum Gasteiger partial charge on any atom is 0.326 e. The number of rotatable bonds is 10. The van der Waals surface area contributed by atoms with Gasteiger partial charge in [-0.3, -0.25) is 9.59 Å². The Bertz CT molecular complexity index is 673. The van der Waals surface area contributed by atoms with Gasteiger partial charge in [-0.1, -0.05) is 39.8 Å². The van der Waals surface area contributed by atoms with Crippen LogP contribution < -0.4 is 16.4 Å². The number of carboxylic acids is 1. The summed E-state index contributed by atoms with van der Waals surface area (Å²) in [6.45, 7) is 7.20. The number of aromatic hydroxyl groups is 1. The number of carbonyl (C=O) groups is 3. The summed E-state index contributed by atoms with van der Waals surface area (Å²) in [5.74, 6) is -2.24.